The van der Waals surface area contributed by atoms with E-state index in [1.807, 2.05) is 50.3 Å². The Labute approximate surface area is 210 Å². The number of nitrogens with zero attached hydrogens (tertiary/aromatic N) is 3. The minimum atomic E-state index is -0.0411. The number of hydrogen-bond donors (Lipinski definition) is 2. The van der Waals surface area contributed by atoms with Crippen molar-refractivity contribution in [2.45, 2.75) is 31.9 Å². The van der Waals surface area contributed by atoms with Crippen molar-refractivity contribution in [2.75, 3.05) is 67.6 Å². The average molecular weight is 562 g/mol. The van der Waals surface area contributed by atoms with E-state index in [-0.39, 0.29) is 29.9 Å². The highest BCUT2D eigenvalue weighted by Crippen LogP contribution is 2.14. The molecule has 0 spiro atoms. The molecule has 1 aromatic rings. The van der Waals surface area contributed by atoms with E-state index in [0.717, 1.165) is 63.6 Å². The fourth-order valence-corrected chi connectivity index (χ4v) is 3.52. The first kappa shape index (κ1) is 28.6. The number of likely N-dealkylation sites (N-methyl/N-ethyl adjacent to an activating group) is 1. The van der Waals surface area contributed by atoms with Crippen molar-refractivity contribution < 1.29 is 14.3 Å². The molecule has 1 aromatic carbocycles. The molecule has 0 aromatic heterocycles. The first-order chi connectivity index (χ1) is 15.0. The summed E-state index contributed by atoms with van der Waals surface area (Å²) in [5.74, 6) is 0.847. The fraction of sp³-hybridized carbons (Fsp3) is 0.652. The number of halogens is 1. The second-order valence-corrected chi connectivity index (χ2v) is 8.06. The number of carbonyl (C=O) groups excluding carboxylic acids is 1. The first-order valence-corrected chi connectivity index (χ1v) is 11.1. The van der Waals surface area contributed by atoms with Crippen molar-refractivity contribution in [2.24, 2.45) is 4.99 Å². The summed E-state index contributed by atoms with van der Waals surface area (Å²) in [6.45, 7) is 5.41. The van der Waals surface area contributed by atoms with Crippen LogP contribution in [-0.4, -0.2) is 95.4 Å². The molecule has 0 atom stereocenters. The van der Waals surface area contributed by atoms with Gasteiger partial charge in [-0.2, -0.15) is 0 Å². The van der Waals surface area contributed by atoms with E-state index in [2.05, 4.69) is 20.5 Å². The van der Waals surface area contributed by atoms with E-state index in [0.29, 0.717) is 24.8 Å². The highest BCUT2D eigenvalue weighted by atomic mass is 127. The summed E-state index contributed by atoms with van der Waals surface area (Å²) in [4.78, 5) is 21.1. The molecule has 1 heterocycles. The van der Waals surface area contributed by atoms with E-state index in [9.17, 15) is 4.79 Å². The van der Waals surface area contributed by atoms with Gasteiger partial charge in [0.25, 0.3) is 5.91 Å². The third-order valence-corrected chi connectivity index (χ3v) is 5.28. The number of nitrogens with one attached hydrogen (secondary N) is 2. The molecule has 0 radical (unpaired) electrons. The van der Waals surface area contributed by atoms with Crippen molar-refractivity contribution in [3.05, 3.63) is 35.4 Å². The number of methoxy groups -OCH3 is 1. The average Bonchev–Trinajstić information content (AvgIpc) is 2.78. The van der Waals surface area contributed by atoms with Gasteiger partial charge in [0.2, 0.25) is 0 Å². The van der Waals surface area contributed by atoms with Crippen LogP contribution in [0.3, 0.4) is 0 Å². The Balaban J connectivity index is 0.00000512. The fourth-order valence-electron chi connectivity index (χ4n) is 3.52. The van der Waals surface area contributed by atoms with Gasteiger partial charge >= 0.3 is 0 Å². The van der Waals surface area contributed by atoms with Crippen LogP contribution in [0.2, 0.25) is 0 Å². The summed E-state index contributed by atoms with van der Waals surface area (Å²) in [5, 5.41) is 6.39. The lowest BCUT2D eigenvalue weighted by Gasteiger charge is -2.34. The van der Waals surface area contributed by atoms with E-state index >= 15 is 0 Å². The maximum atomic E-state index is 12.4. The molecule has 0 unspecified atom stereocenters. The molecule has 8 nitrogen and oxygen atoms in total. The minimum absolute atomic E-state index is 0. The summed E-state index contributed by atoms with van der Waals surface area (Å²) in [7, 11) is 7.51. The zero-order chi connectivity index (χ0) is 22.5. The molecule has 1 amide bonds. The van der Waals surface area contributed by atoms with Crippen molar-refractivity contribution in [3.8, 4) is 0 Å². The van der Waals surface area contributed by atoms with E-state index in [1.165, 1.54) is 0 Å². The lowest BCUT2D eigenvalue weighted by Crippen LogP contribution is -2.46. The van der Waals surface area contributed by atoms with Crippen LogP contribution in [0.25, 0.3) is 0 Å². The third-order valence-electron chi connectivity index (χ3n) is 5.28. The van der Waals surface area contributed by atoms with Gasteiger partial charge in [0.05, 0.1) is 6.10 Å². The van der Waals surface area contributed by atoms with Crippen LogP contribution in [-0.2, 0) is 16.0 Å². The van der Waals surface area contributed by atoms with Crippen molar-refractivity contribution in [1.29, 1.82) is 0 Å². The van der Waals surface area contributed by atoms with Gasteiger partial charge in [-0.05, 0) is 51.1 Å². The van der Waals surface area contributed by atoms with Gasteiger partial charge in [-0.15, -0.1) is 24.0 Å². The molecular weight excluding hydrogens is 521 g/mol. The molecule has 182 valence electrons. The molecule has 0 saturated carbocycles. The monoisotopic (exact) mass is 561 g/mol. The van der Waals surface area contributed by atoms with Crippen LogP contribution in [0.5, 0.6) is 0 Å². The molecular formula is C23H40IN5O3. The number of likely N-dealkylation sites (tertiary alicyclic amines) is 1. The molecule has 1 aliphatic heterocycles. The predicted octanol–water partition coefficient (Wildman–Crippen LogP) is 2.19. The van der Waals surface area contributed by atoms with Crippen molar-refractivity contribution in [1.82, 2.24) is 20.4 Å². The number of piperidine rings is 1. The van der Waals surface area contributed by atoms with Crippen LogP contribution in [0.4, 0.5) is 0 Å². The van der Waals surface area contributed by atoms with Crippen LogP contribution in [0.15, 0.2) is 29.3 Å². The SMILES string of the molecule is CN=C(NCc1cccc(C(=O)NCCN(C)C)c1)N1CCC(OCCCOC)CC1.I. The summed E-state index contributed by atoms with van der Waals surface area (Å²) < 4.78 is 11.0. The number of aliphatic imine (C=N–C) groups is 1. The second-order valence-electron chi connectivity index (χ2n) is 8.06. The number of benzene rings is 1. The van der Waals surface area contributed by atoms with Gasteiger partial charge in [-0.25, -0.2) is 0 Å². The molecule has 0 bridgehead atoms. The summed E-state index contributed by atoms with van der Waals surface area (Å²) >= 11 is 0. The molecule has 32 heavy (non-hydrogen) atoms. The Hall–Kier alpha value is -1.43. The van der Waals surface area contributed by atoms with Crippen LogP contribution < -0.4 is 10.6 Å². The van der Waals surface area contributed by atoms with Crippen LogP contribution in [0.1, 0.15) is 35.2 Å². The Morgan fingerprint density at radius 3 is 2.62 bits per heavy atom. The molecule has 1 fully saturated rings. The van der Waals surface area contributed by atoms with Gasteiger partial charge in [0.1, 0.15) is 0 Å². The maximum absolute atomic E-state index is 12.4. The van der Waals surface area contributed by atoms with Gasteiger partial charge < -0.3 is 29.9 Å². The third kappa shape index (κ3) is 10.5. The quantitative estimate of drug-likeness (QED) is 0.187. The lowest BCUT2D eigenvalue weighted by atomic mass is 10.1. The number of guanidine groups is 1. The smallest absolute Gasteiger partial charge is 0.251 e. The standard InChI is InChI=1S/C23H39N5O3.HI/c1-24-23(28-12-9-21(10-13-28)31-16-6-15-30-4)26-18-19-7-5-8-20(17-19)22(29)25-11-14-27(2)3;/h5,7-8,17,21H,6,9-16,18H2,1-4H3,(H,24,26)(H,25,29);1H. The van der Waals surface area contributed by atoms with E-state index < -0.39 is 0 Å². The molecule has 1 aliphatic rings. The zero-order valence-corrected chi connectivity index (χ0v) is 22.3. The topological polar surface area (TPSA) is 78.4 Å². The molecule has 1 saturated heterocycles. The molecule has 9 heteroatoms. The first-order valence-electron chi connectivity index (χ1n) is 11.1. The predicted molar refractivity (Wildman–Crippen MR) is 140 cm³/mol. The number of rotatable bonds is 11. The second kappa shape index (κ2) is 16.2. The van der Waals surface area contributed by atoms with E-state index in [4.69, 9.17) is 9.47 Å². The van der Waals surface area contributed by atoms with Crippen LogP contribution >= 0.6 is 24.0 Å². The highest BCUT2D eigenvalue weighted by Gasteiger charge is 2.21. The summed E-state index contributed by atoms with van der Waals surface area (Å²) in [6, 6.07) is 7.73. The van der Waals surface area contributed by atoms with Crippen molar-refractivity contribution in [3.63, 3.8) is 0 Å². The number of amides is 1. The molecule has 0 aliphatic carbocycles. The van der Waals surface area contributed by atoms with Gasteiger partial charge in [-0.3, -0.25) is 9.79 Å². The number of hydrogen-bond acceptors (Lipinski definition) is 5. The number of carbonyl (C=O) groups is 1. The Morgan fingerprint density at radius 2 is 1.97 bits per heavy atom. The Kier molecular flexibility index (Phi) is 14.5. The largest absolute Gasteiger partial charge is 0.385 e. The van der Waals surface area contributed by atoms with Crippen LogP contribution in [0, 0.1) is 0 Å². The number of ether oxygens (including phenoxy) is 2. The maximum Gasteiger partial charge on any atom is 0.251 e. The highest BCUT2D eigenvalue weighted by molar-refractivity contribution is 14.0. The van der Waals surface area contributed by atoms with Gasteiger partial charge in [0.15, 0.2) is 5.96 Å². The van der Waals surface area contributed by atoms with E-state index in [1.54, 1.807) is 7.11 Å². The van der Waals surface area contributed by atoms with Gasteiger partial charge in [-0.1, -0.05) is 12.1 Å². The Morgan fingerprint density at radius 1 is 1.22 bits per heavy atom. The normalized spacial score (nSPS) is 14.9. The lowest BCUT2D eigenvalue weighted by molar-refractivity contribution is 0.00989. The minimum Gasteiger partial charge on any atom is -0.385 e. The zero-order valence-electron chi connectivity index (χ0n) is 19.9. The summed E-state index contributed by atoms with van der Waals surface area (Å²) in [6.07, 6.45) is 3.24. The summed E-state index contributed by atoms with van der Waals surface area (Å²) in [5.41, 5.74) is 1.73. The Bertz CT molecular complexity index is 694. The molecule has 2 N–H and O–H groups in total. The molecule has 2 rings (SSSR count). The van der Waals surface area contributed by atoms with Gasteiger partial charge in [0, 0.05) is 65.7 Å². The van der Waals surface area contributed by atoms with Crippen molar-refractivity contribution >= 4 is 35.8 Å².